The molecule has 0 saturated heterocycles. The lowest BCUT2D eigenvalue weighted by atomic mass is 10.1. The molecule has 0 unspecified atom stereocenters. The largest absolute Gasteiger partial charge is 0.870 e. The van der Waals surface area contributed by atoms with Gasteiger partial charge in [-0.1, -0.05) is 53.8 Å². The maximum atomic E-state index is 13.4. The van der Waals surface area contributed by atoms with Crippen molar-refractivity contribution in [1.29, 1.82) is 0 Å². The molecule has 0 aliphatic rings. The van der Waals surface area contributed by atoms with E-state index in [-0.39, 0.29) is 27.8 Å². The lowest BCUT2D eigenvalue weighted by Crippen LogP contribution is -2.16. The SMILES string of the molecule is COc1cc(/C=C/C([O-])=N/S(=O)(=O)c2ccc(-n3nc(C(F)(F)F)cc3-c3ccc(C)cc3)cc2)ccc1[O-]. The Morgan fingerprint density at radius 1 is 1.03 bits per heavy atom. The van der Waals surface area contributed by atoms with Crippen LogP contribution >= 0.6 is 0 Å². The van der Waals surface area contributed by atoms with Crippen LogP contribution in [0.25, 0.3) is 23.0 Å². The zero-order valence-electron chi connectivity index (χ0n) is 20.5. The van der Waals surface area contributed by atoms with Crippen molar-refractivity contribution in [3.8, 4) is 28.4 Å². The van der Waals surface area contributed by atoms with Gasteiger partial charge in [-0.25, -0.2) is 4.68 Å². The van der Waals surface area contributed by atoms with Gasteiger partial charge in [0.25, 0.3) is 10.0 Å². The van der Waals surface area contributed by atoms with Gasteiger partial charge in [-0.2, -0.15) is 31.1 Å². The minimum atomic E-state index is -4.69. The Hall–Kier alpha value is -4.58. The first-order chi connectivity index (χ1) is 18.4. The van der Waals surface area contributed by atoms with Crippen LogP contribution in [0, 0.1) is 6.92 Å². The van der Waals surface area contributed by atoms with E-state index in [9.17, 15) is 31.8 Å². The third-order valence-corrected chi connectivity index (χ3v) is 6.83. The van der Waals surface area contributed by atoms with Crippen LogP contribution in [0.15, 0.2) is 88.2 Å². The van der Waals surface area contributed by atoms with Crippen LogP contribution in [-0.2, 0) is 16.2 Å². The third kappa shape index (κ3) is 6.29. The Bertz CT molecular complexity index is 1660. The molecule has 4 rings (SSSR count). The van der Waals surface area contributed by atoms with Gasteiger partial charge >= 0.3 is 6.18 Å². The zero-order chi connectivity index (χ0) is 28.4. The lowest BCUT2D eigenvalue weighted by molar-refractivity contribution is -0.270. The van der Waals surface area contributed by atoms with Gasteiger partial charge in [0.15, 0.2) is 5.69 Å². The molecule has 0 spiro atoms. The number of ether oxygens (including phenoxy) is 1. The summed E-state index contributed by atoms with van der Waals surface area (Å²) in [7, 11) is -3.11. The molecule has 0 radical (unpaired) electrons. The smallest absolute Gasteiger partial charge is 0.435 e. The van der Waals surface area contributed by atoms with E-state index >= 15 is 0 Å². The molecule has 4 aromatic rings. The molecular formula is C27H20F3N3O5S-2. The van der Waals surface area contributed by atoms with E-state index < -0.39 is 27.8 Å². The van der Waals surface area contributed by atoms with Crippen molar-refractivity contribution in [2.75, 3.05) is 7.11 Å². The van der Waals surface area contributed by atoms with Crippen LogP contribution in [0.4, 0.5) is 13.2 Å². The number of rotatable bonds is 7. The number of aromatic nitrogens is 2. The second kappa shape index (κ2) is 10.7. The minimum absolute atomic E-state index is 0.0549. The van der Waals surface area contributed by atoms with E-state index in [0.717, 1.165) is 34.5 Å². The minimum Gasteiger partial charge on any atom is -0.870 e. The quantitative estimate of drug-likeness (QED) is 0.250. The zero-order valence-corrected chi connectivity index (χ0v) is 21.3. The molecule has 0 aliphatic carbocycles. The summed E-state index contributed by atoms with van der Waals surface area (Å²) in [5, 5.41) is 27.5. The van der Waals surface area contributed by atoms with Crippen molar-refractivity contribution in [2.24, 2.45) is 4.40 Å². The Kier molecular flexibility index (Phi) is 7.50. The van der Waals surface area contributed by atoms with Crippen molar-refractivity contribution in [1.82, 2.24) is 9.78 Å². The number of sulfonamides is 1. The molecule has 0 aliphatic heterocycles. The fourth-order valence-electron chi connectivity index (χ4n) is 3.56. The number of nitrogens with zero attached hydrogens (tertiary/aromatic N) is 3. The number of benzene rings is 3. The molecule has 0 fully saturated rings. The first kappa shape index (κ1) is 27.5. The monoisotopic (exact) mass is 555 g/mol. The van der Waals surface area contributed by atoms with Gasteiger partial charge in [-0.3, -0.25) is 0 Å². The third-order valence-electron chi connectivity index (χ3n) is 5.54. The molecule has 0 N–H and O–H groups in total. The Morgan fingerprint density at radius 3 is 2.31 bits per heavy atom. The van der Waals surface area contributed by atoms with E-state index in [1.165, 1.54) is 43.5 Å². The van der Waals surface area contributed by atoms with Crippen LogP contribution in [0.2, 0.25) is 0 Å². The molecule has 0 amide bonds. The highest BCUT2D eigenvalue weighted by molar-refractivity contribution is 7.90. The maximum Gasteiger partial charge on any atom is 0.435 e. The summed E-state index contributed by atoms with van der Waals surface area (Å²) in [6, 6.07) is 16.5. The summed E-state index contributed by atoms with van der Waals surface area (Å²) in [6.45, 7) is 1.84. The highest BCUT2D eigenvalue weighted by atomic mass is 32.2. The number of methoxy groups -OCH3 is 1. The van der Waals surface area contributed by atoms with E-state index in [4.69, 9.17) is 4.74 Å². The Morgan fingerprint density at radius 2 is 1.69 bits per heavy atom. The van der Waals surface area contributed by atoms with Crippen LogP contribution < -0.4 is 14.9 Å². The summed E-state index contributed by atoms with van der Waals surface area (Å²) in [5.74, 6) is -1.38. The summed E-state index contributed by atoms with van der Waals surface area (Å²) in [4.78, 5) is -0.342. The van der Waals surface area contributed by atoms with Crippen molar-refractivity contribution >= 4 is 22.0 Å². The maximum absolute atomic E-state index is 13.4. The van der Waals surface area contributed by atoms with Crippen molar-refractivity contribution in [3.63, 3.8) is 0 Å². The summed E-state index contributed by atoms with van der Waals surface area (Å²) in [6.07, 6.45) is -2.50. The average Bonchev–Trinajstić information content (AvgIpc) is 3.35. The second-order valence-electron chi connectivity index (χ2n) is 8.33. The predicted octanol–water partition coefficient (Wildman–Crippen LogP) is 4.11. The molecule has 0 saturated carbocycles. The number of halogens is 3. The van der Waals surface area contributed by atoms with Crippen LogP contribution in [-0.4, -0.2) is 31.2 Å². The molecule has 12 heteroatoms. The summed E-state index contributed by atoms with van der Waals surface area (Å²) in [5.41, 5.74) is 1.04. The predicted molar refractivity (Wildman–Crippen MR) is 135 cm³/mol. The molecule has 39 heavy (non-hydrogen) atoms. The van der Waals surface area contributed by atoms with Gasteiger partial charge in [0.2, 0.25) is 0 Å². The molecular weight excluding hydrogens is 535 g/mol. The van der Waals surface area contributed by atoms with Gasteiger partial charge in [-0.05, 0) is 55.0 Å². The number of hydrogen-bond donors (Lipinski definition) is 0. The fourth-order valence-corrected chi connectivity index (χ4v) is 4.45. The van der Waals surface area contributed by atoms with Crippen molar-refractivity contribution in [2.45, 2.75) is 18.0 Å². The van der Waals surface area contributed by atoms with Crippen molar-refractivity contribution in [3.05, 3.63) is 95.7 Å². The van der Waals surface area contributed by atoms with E-state index in [0.29, 0.717) is 11.1 Å². The van der Waals surface area contributed by atoms with Crippen molar-refractivity contribution < 1.29 is 36.5 Å². The average molecular weight is 556 g/mol. The highest BCUT2D eigenvalue weighted by Crippen LogP contribution is 2.33. The van der Waals surface area contributed by atoms with Crippen LogP contribution in [0.1, 0.15) is 16.8 Å². The Labute approximate surface area is 222 Å². The molecule has 1 aromatic heterocycles. The molecule has 3 aromatic carbocycles. The van der Waals surface area contributed by atoms with Gasteiger partial charge in [-0.15, -0.1) is 0 Å². The molecule has 1 heterocycles. The van der Waals surface area contributed by atoms with E-state index in [1.54, 1.807) is 24.3 Å². The van der Waals surface area contributed by atoms with Gasteiger partial charge in [0.05, 0.1) is 23.4 Å². The fraction of sp³-hybridized carbons (Fsp3) is 0.111. The van der Waals surface area contributed by atoms with Gasteiger partial charge in [0.1, 0.15) is 5.75 Å². The second-order valence-corrected chi connectivity index (χ2v) is 9.94. The highest BCUT2D eigenvalue weighted by Gasteiger charge is 2.35. The van der Waals surface area contributed by atoms with Gasteiger partial charge in [0, 0.05) is 11.5 Å². The first-order valence-corrected chi connectivity index (χ1v) is 12.7. The summed E-state index contributed by atoms with van der Waals surface area (Å²) < 4.78 is 74.8. The normalized spacial score (nSPS) is 12.7. The standard InChI is InChI=1S/C27H22F3N3O5S/c1-17-3-7-19(8-4-17)22-16-25(27(28,29)30)31-33(22)20-9-11-21(12-10-20)39(36,37)32-26(35)14-6-18-5-13-23(34)24(15-18)38-2/h3-16,34H,1-2H3,(H,32,35)/p-2/b14-6+. The summed E-state index contributed by atoms with van der Waals surface area (Å²) >= 11 is 0. The number of hydrogen-bond acceptors (Lipinski definition) is 6. The molecule has 0 bridgehead atoms. The lowest BCUT2D eigenvalue weighted by Gasteiger charge is -2.12. The van der Waals surface area contributed by atoms with E-state index in [1.807, 2.05) is 6.92 Å². The molecule has 202 valence electrons. The van der Waals surface area contributed by atoms with E-state index in [2.05, 4.69) is 9.50 Å². The topological polar surface area (TPSA) is 120 Å². The van der Waals surface area contributed by atoms with Crippen LogP contribution in [0.3, 0.4) is 0 Å². The number of alkyl halides is 3. The Balaban J connectivity index is 1.63. The molecule has 8 nitrogen and oxygen atoms in total. The van der Waals surface area contributed by atoms with Crippen LogP contribution in [0.5, 0.6) is 11.5 Å². The van der Waals surface area contributed by atoms with Gasteiger partial charge < -0.3 is 14.9 Å². The number of aryl methyl sites for hydroxylation is 1. The molecule has 0 atom stereocenters. The first-order valence-electron chi connectivity index (χ1n) is 11.3.